The topological polar surface area (TPSA) is 55.2 Å². The van der Waals surface area contributed by atoms with E-state index >= 15 is 0 Å². The number of benzene rings is 3. The number of fused-ring (bicyclic) bond motifs is 1. The molecule has 0 aliphatic heterocycles. The van der Waals surface area contributed by atoms with E-state index in [0.717, 1.165) is 6.42 Å². The van der Waals surface area contributed by atoms with Gasteiger partial charge in [-0.25, -0.2) is 9.37 Å². The fraction of sp³-hybridized carbons (Fsp3) is 0.250. The molecule has 3 aromatic carbocycles. The zero-order valence-electron chi connectivity index (χ0n) is 19.6. The third kappa shape index (κ3) is 4.62. The van der Waals surface area contributed by atoms with Crippen molar-refractivity contribution >= 4 is 16.8 Å². The van der Waals surface area contributed by atoms with Crippen molar-refractivity contribution in [1.29, 1.82) is 0 Å². The summed E-state index contributed by atoms with van der Waals surface area (Å²) >= 11 is 0. The Bertz CT molecular complexity index is 1370. The van der Waals surface area contributed by atoms with Gasteiger partial charge in [0.1, 0.15) is 11.6 Å². The Morgan fingerprint density at radius 3 is 2.29 bits per heavy atom. The first-order chi connectivity index (χ1) is 16.4. The molecule has 0 N–H and O–H groups in total. The van der Waals surface area contributed by atoms with Gasteiger partial charge in [-0.1, -0.05) is 56.3 Å². The van der Waals surface area contributed by atoms with Crippen molar-refractivity contribution in [2.75, 3.05) is 6.54 Å². The summed E-state index contributed by atoms with van der Waals surface area (Å²) in [6.45, 7) is 6.40. The molecular weight excluding hydrogens is 429 g/mol. The van der Waals surface area contributed by atoms with Gasteiger partial charge in [0, 0.05) is 6.54 Å². The summed E-state index contributed by atoms with van der Waals surface area (Å²) < 4.78 is 16.1. The number of hydrogen-bond acceptors (Lipinski definition) is 3. The molecule has 1 atom stereocenters. The van der Waals surface area contributed by atoms with Crippen molar-refractivity contribution in [3.05, 3.63) is 106 Å². The van der Waals surface area contributed by atoms with Crippen LogP contribution in [0.15, 0.2) is 83.7 Å². The summed E-state index contributed by atoms with van der Waals surface area (Å²) in [5.41, 5.74) is 1.02. The number of aromatic nitrogens is 2. The highest BCUT2D eigenvalue weighted by Crippen LogP contribution is 2.26. The second kappa shape index (κ2) is 10.00. The van der Waals surface area contributed by atoms with Crippen LogP contribution in [0, 0.1) is 11.7 Å². The van der Waals surface area contributed by atoms with Gasteiger partial charge in [0.25, 0.3) is 11.5 Å². The molecule has 34 heavy (non-hydrogen) atoms. The Morgan fingerprint density at radius 2 is 1.59 bits per heavy atom. The van der Waals surface area contributed by atoms with Gasteiger partial charge in [-0.2, -0.15) is 0 Å². The minimum Gasteiger partial charge on any atom is -0.329 e. The minimum atomic E-state index is -0.580. The molecule has 174 valence electrons. The fourth-order valence-electron chi connectivity index (χ4n) is 4.05. The minimum absolute atomic E-state index is 0.00695. The number of carbonyl (C=O) groups excluding carboxylic acids is 1. The molecule has 0 radical (unpaired) electrons. The zero-order valence-corrected chi connectivity index (χ0v) is 19.6. The first-order valence-corrected chi connectivity index (χ1v) is 11.5. The SMILES string of the molecule is CC(C)CCN(C(=O)c1ccccc1F)C(C)c1nc2ccccc2c(=O)n1-c1ccccc1. The van der Waals surface area contributed by atoms with E-state index in [4.69, 9.17) is 4.98 Å². The second-order valence-corrected chi connectivity index (χ2v) is 8.80. The van der Waals surface area contributed by atoms with E-state index in [1.165, 1.54) is 12.1 Å². The Labute approximate surface area is 198 Å². The lowest BCUT2D eigenvalue weighted by Gasteiger charge is -2.31. The van der Waals surface area contributed by atoms with Gasteiger partial charge in [-0.3, -0.25) is 14.2 Å². The maximum Gasteiger partial charge on any atom is 0.266 e. The molecule has 0 aliphatic rings. The molecule has 4 rings (SSSR count). The summed E-state index contributed by atoms with van der Waals surface area (Å²) in [5.74, 6) is -0.221. The molecule has 1 aromatic heterocycles. The predicted molar refractivity (Wildman–Crippen MR) is 133 cm³/mol. The molecule has 0 aliphatic carbocycles. The van der Waals surface area contributed by atoms with Gasteiger partial charge in [0.15, 0.2) is 0 Å². The monoisotopic (exact) mass is 457 g/mol. The van der Waals surface area contributed by atoms with Gasteiger partial charge in [0.2, 0.25) is 0 Å². The molecule has 6 heteroatoms. The fourth-order valence-corrected chi connectivity index (χ4v) is 4.05. The molecular formula is C28H28FN3O2. The van der Waals surface area contributed by atoms with Crippen LogP contribution in [0.5, 0.6) is 0 Å². The number of para-hydroxylation sites is 2. The predicted octanol–water partition coefficient (Wildman–Crippen LogP) is 5.77. The van der Waals surface area contributed by atoms with Gasteiger partial charge in [0.05, 0.1) is 28.2 Å². The lowest BCUT2D eigenvalue weighted by Crippen LogP contribution is -2.38. The van der Waals surface area contributed by atoms with Crippen molar-refractivity contribution in [2.45, 2.75) is 33.2 Å². The highest BCUT2D eigenvalue weighted by molar-refractivity contribution is 5.94. The molecule has 4 aromatic rings. The van der Waals surface area contributed by atoms with Crippen LogP contribution in [0.3, 0.4) is 0 Å². The zero-order chi connectivity index (χ0) is 24.2. The number of hydrogen-bond donors (Lipinski definition) is 0. The van der Waals surface area contributed by atoms with E-state index in [2.05, 4.69) is 13.8 Å². The van der Waals surface area contributed by atoms with Crippen molar-refractivity contribution in [3.63, 3.8) is 0 Å². The molecule has 1 amide bonds. The number of nitrogens with zero attached hydrogens (tertiary/aromatic N) is 3. The normalized spacial score (nSPS) is 12.1. The molecule has 0 saturated carbocycles. The summed E-state index contributed by atoms with van der Waals surface area (Å²) in [5, 5.41) is 0.497. The lowest BCUT2D eigenvalue weighted by atomic mass is 10.1. The van der Waals surface area contributed by atoms with Crippen molar-refractivity contribution in [1.82, 2.24) is 14.5 Å². The summed E-state index contributed by atoms with van der Waals surface area (Å²) in [6.07, 6.45) is 0.730. The van der Waals surface area contributed by atoms with Crippen LogP contribution in [0.25, 0.3) is 16.6 Å². The average molecular weight is 458 g/mol. The van der Waals surface area contributed by atoms with Gasteiger partial charge in [-0.05, 0) is 55.7 Å². The Balaban J connectivity index is 1.90. The average Bonchev–Trinajstić information content (AvgIpc) is 2.84. The third-order valence-electron chi connectivity index (χ3n) is 5.97. The van der Waals surface area contributed by atoms with Gasteiger partial charge >= 0.3 is 0 Å². The maximum atomic E-state index is 14.6. The van der Waals surface area contributed by atoms with Gasteiger partial charge < -0.3 is 4.90 Å². The van der Waals surface area contributed by atoms with E-state index < -0.39 is 17.8 Å². The summed E-state index contributed by atoms with van der Waals surface area (Å²) in [6, 6.07) is 21.8. The van der Waals surface area contributed by atoms with Crippen LogP contribution in [0.1, 0.15) is 49.4 Å². The van der Waals surface area contributed by atoms with Crippen LogP contribution in [-0.2, 0) is 0 Å². The molecule has 1 heterocycles. The first-order valence-electron chi connectivity index (χ1n) is 11.5. The van der Waals surface area contributed by atoms with Crippen LogP contribution >= 0.6 is 0 Å². The van der Waals surface area contributed by atoms with E-state index in [0.29, 0.717) is 34.9 Å². The lowest BCUT2D eigenvalue weighted by molar-refractivity contribution is 0.0666. The van der Waals surface area contributed by atoms with E-state index in [1.54, 1.807) is 39.8 Å². The molecule has 0 saturated heterocycles. The Hall–Kier alpha value is -3.80. The van der Waals surface area contributed by atoms with E-state index in [-0.39, 0.29) is 11.1 Å². The molecule has 1 unspecified atom stereocenters. The van der Waals surface area contributed by atoms with Gasteiger partial charge in [-0.15, -0.1) is 0 Å². The van der Waals surface area contributed by atoms with E-state index in [1.807, 2.05) is 43.3 Å². The van der Waals surface area contributed by atoms with Crippen LogP contribution in [-0.4, -0.2) is 26.9 Å². The number of amides is 1. The number of rotatable bonds is 7. The quantitative estimate of drug-likeness (QED) is 0.354. The maximum absolute atomic E-state index is 14.6. The van der Waals surface area contributed by atoms with E-state index in [9.17, 15) is 14.0 Å². The third-order valence-corrected chi connectivity index (χ3v) is 5.97. The van der Waals surface area contributed by atoms with Crippen LogP contribution in [0.2, 0.25) is 0 Å². The van der Waals surface area contributed by atoms with Crippen molar-refractivity contribution in [2.24, 2.45) is 5.92 Å². The highest BCUT2D eigenvalue weighted by Gasteiger charge is 2.29. The smallest absolute Gasteiger partial charge is 0.266 e. The number of carbonyl (C=O) groups is 1. The Kier molecular flexibility index (Phi) is 6.87. The molecule has 0 spiro atoms. The largest absolute Gasteiger partial charge is 0.329 e. The standard InChI is InChI=1S/C28H28FN3O2/c1-19(2)17-18-31(27(33)22-13-7-9-15-24(22)29)20(3)26-30-25-16-10-8-14-23(25)28(34)32(26)21-11-5-4-6-12-21/h4-16,19-20H,17-18H2,1-3H3. The second-order valence-electron chi connectivity index (χ2n) is 8.80. The first kappa shape index (κ1) is 23.4. The number of halogens is 1. The Morgan fingerprint density at radius 1 is 0.941 bits per heavy atom. The highest BCUT2D eigenvalue weighted by atomic mass is 19.1. The van der Waals surface area contributed by atoms with Crippen molar-refractivity contribution in [3.8, 4) is 5.69 Å². The molecule has 0 fully saturated rings. The van der Waals surface area contributed by atoms with Crippen LogP contribution in [0.4, 0.5) is 4.39 Å². The molecule has 5 nitrogen and oxygen atoms in total. The molecule has 0 bridgehead atoms. The van der Waals surface area contributed by atoms with Crippen molar-refractivity contribution < 1.29 is 9.18 Å². The van der Waals surface area contributed by atoms with Crippen LogP contribution < -0.4 is 5.56 Å². The summed E-state index contributed by atoms with van der Waals surface area (Å²) in [4.78, 5) is 33.6. The summed E-state index contributed by atoms with van der Waals surface area (Å²) in [7, 11) is 0.